The molecule has 0 aliphatic rings. The van der Waals surface area contributed by atoms with Gasteiger partial charge in [-0.2, -0.15) is 0 Å². The van der Waals surface area contributed by atoms with E-state index in [1.54, 1.807) is 48.5 Å². The summed E-state index contributed by atoms with van der Waals surface area (Å²) in [4.78, 5) is 23.6. The highest BCUT2D eigenvalue weighted by atomic mass is 35.5. The van der Waals surface area contributed by atoms with Gasteiger partial charge >= 0.3 is 0 Å². The van der Waals surface area contributed by atoms with Crippen LogP contribution in [0.4, 0.5) is 0 Å². The highest BCUT2D eigenvalue weighted by Gasteiger charge is 2.09. The van der Waals surface area contributed by atoms with Gasteiger partial charge in [0.1, 0.15) is 5.75 Å². The molecule has 0 heterocycles. The second kappa shape index (κ2) is 11.0. The summed E-state index contributed by atoms with van der Waals surface area (Å²) in [6.45, 7) is -0.530. The molecule has 0 saturated carbocycles. The fourth-order valence-electron chi connectivity index (χ4n) is 1.92. The standard InChI is InChI=1S/C18H18ClN3O5S/c1-25-14-4-2-3-5-15(14)27-10-16(23)20-18(28)22-21-17(24)11-26-13-8-6-12(19)7-9-13/h2-9H,10-11H2,1H3,(H,21,24)(H2,20,22,23,28). The molecular weight excluding hydrogens is 406 g/mol. The Morgan fingerprint density at radius 2 is 1.57 bits per heavy atom. The normalized spacial score (nSPS) is 9.79. The number of hydrogen-bond acceptors (Lipinski definition) is 6. The predicted octanol–water partition coefficient (Wildman–Crippen LogP) is 1.83. The first kappa shape index (κ1) is 21.3. The maximum atomic E-state index is 11.9. The monoisotopic (exact) mass is 423 g/mol. The first-order chi connectivity index (χ1) is 13.5. The average molecular weight is 424 g/mol. The third-order valence-corrected chi connectivity index (χ3v) is 3.64. The van der Waals surface area contributed by atoms with Crippen LogP contribution < -0.4 is 30.4 Å². The topological polar surface area (TPSA) is 97.9 Å². The molecule has 2 amide bonds. The van der Waals surface area contributed by atoms with Gasteiger partial charge in [-0.1, -0.05) is 23.7 Å². The van der Waals surface area contributed by atoms with Crippen molar-refractivity contribution >= 4 is 40.7 Å². The van der Waals surface area contributed by atoms with Crippen molar-refractivity contribution in [2.75, 3.05) is 20.3 Å². The average Bonchev–Trinajstić information content (AvgIpc) is 2.70. The van der Waals surface area contributed by atoms with Crippen LogP contribution in [0.5, 0.6) is 17.2 Å². The molecular formula is C18H18ClN3O5S. The second-order valence-electron chi connectivity index (χ2n) is 5.23. The van der Waals surface area contributed by atoms with Crippen LogP contribution in [-0.2, 0) is 9.59 Å². The van der Waals surface area contributed by atoms with E-state index in [0.29, 0.717) is 22.3 Å². The number of halogens is 1. The van der Waals surface area contributed by atoms with Crippen LogP contribution in [0.25, 0.3) is 0 Å². The summed E-state index contributed by atoms with van der Waals surface area (Å²) in [6, 6.07) is 13.5. The molecule has 0 spiro atoms. The van der Waals surface area contributed by atoms with Crippen molar-refractivity contribution < 1.29 is 23.8 Å². The van der Waals surface area contributed by atoms with Crippen molar-refractivity contribution in [1.82, 2.24) is 16.2 Å². The number of thiocarbonyl (C=S) groups is 1. The van der Waals surface area contributed by atoms with Gasteiger partial charge in [0.15, 0.2) is 29.8 Å². The molecule has 28 heavy (non-hydrogen) atoms. The lowest BCUT2D eigenvalue weighted by molar-refractivity contribution is -0.124. The number of amides is 2. The molecule has 0 fully saturated rings. The quantitative estimate of drug-likeness (QED) is 0.461. The van der Waals surface area contributed by atoms with E-state index in [2.05, 4.69) is 16.2 Å². The first-order valence-electron chi connectivity index (χ1n) is 8.01. The van der Waals surface area contributed by atoms with Gasteiger partial charge in [0.2, 0.25) is 0 Å². The number of rotatable bonds is 7. The van der Waals surface area contributed by atoms with Crippen molar-refractivity contribution in [1.29, 1.82) is 0 Å². The van der Waals surface area contributed by atoms with Gasteiger partial charge in [0.25, 0.3) is 11.8 Å². The number of nitrogens with one attached hydrogen (secondary N) is 3. The van der Waals surface area contributed by atoms with Gasteiger partial charge in [-0.15, -0.1) is 0 Å². The molecule has 2 aromatic rings. The second-order valence-corrected chi connectivity index (χ2v) is 6.08. The van der Waals surface area contributed by atoms with Crippen LogP contribution in [0.3, 0.4) is 0 Å². The summed E-state index contributed by atoms with van der Waals surface area (Å²) < 4.78 is 15.8. The van der Waals surface area contributed by atoms with Gasteiger partial charge in [0.05, 0.1) is 7.11 Å². The van der Waals surface area contributed by atoms with E-state index >= 15 is 0 Å². The largest absolute Gasteiger partial charge is 0.493 e. The molecule has 0 bridgehead atoms. The van der Waals surface area contributed by atoms with Crippen LogP contribution in [0.2, 0.25) is 5.02 Å². The predicted molar refractivity (Wildman–Crippen MR) is 107 cm³/mol. The fourth-order valence-corrected chi connectivity index (χ4v) is 2.21. The maximum absolute atomic E-state index is 11.9. The molecule has 2 aromatic carbocycles. The number of hydrogen-bond donors (Lipinski definition) is 3. The summed E-state index contributed by atoms with van der Waals surface area (Å²) in [6.07, 6.45) is 0. The van der Waals surface area contributed by atoms with Crippen LogP contribution in [-0.4, -0.2) is 37.3 Å². The number of hydrazine groups is 1. The van der Waals surface area contributed by atoms with E-state index in [1.807, 2.05) is 0 Å². The van der Waals surface area contributed by atoms with Crippen molar-refractivity contribution in [2.45, 2.75) is 0 Å². The Bertz CT molecular complexity index is 832. The molecule has 0 radical (unpaired) electrons. The lowest BCUT2D eigenvalue weighted by Crippen LogP contribution is -2.50. The fraction of sp³-hybridized carbons (Fsp3) is 0.167. The van der Waals surface area contributed by atoms with Crippen molar-refractivity contribution in [3.8, 4) is 17.2 Å². The third kappa shape index (κ3) is 7.29. The minimum absolute atomic E-state index is 0.0894. The molecule has 0 atom stereocenters. The number of ether oxygens (including phenoxy) is 3. The number of carbonyl (C=O) groups excluding carboxylic acids is 2. The SMILES string of the molecule is COc1ccccc1OCC(=O)NC(=S)NNC(=O)COc1ccc(Cl)cc1. The number of para-hydroxylation sites is 2. The molecule has 0 unspecified atom stereocenters. The Hall–Kier alpha value is -3.04. The lowest BCUT2D eigenvalue weighted by atomic mass is 10.3. The van der Waals surface area contributed by atoms with Crippen molar-refractivity contribution in [2.24, 2.45) is 0 Å². The Morgan fingerprint density at radius 3 is 2.25 bits per heavy atom. The molecule has 3 N–H and O–H groups in total. The van der Waals surface area contributed by atoms with E-state index in [9.17, 15) is 9.59 Å². The molecule has 0 aromatic heterocycles. The van der Waals surface area contributed by atoms with Crippen LogP contribution in [0.15, 0.2) is 48.5 Å². The smallest absolute Gasteiger partial charge is 0.276 e. The third-order valence-electron chi connectivity index (χ3n) is 3.18. The summed E-state index contributed by atoms with van der Waals surface area (Å²) in [5.41, 5.74) is 4.70. The Morgan fingerprint density at radius 1 is 0.929 bits per heavy atom. The highest BCUT2D eigenvalue weighted by Crippen LogP contribution is 2.25. The molecule has 8 nitrogen and oxygen atoms in total. The highest BCUT2D eigenvalue weighted by molar-refractivity contribution is 7.80. The van der Waals surface area contributed by atoms with E-state index in [4.69, 9.17) is 38.0 Å². The van der Waals surface area contributed by atoms with Crippen LogP contribution in [0, 0.1) is 0 Å². The maximum Gasteiger partial charge on any atom is 0.276 e. The Labute approximate surface area is 172 Å². The molecule has 0 aliphatic heterocycles. The molecule has 2 rings (SSSR count). The summed E-state index contributed by atoms with van der Waals surface area (Å²) in [5.74, 6) is 0.423. The zero-order chi connectivity index (χ0) is 20.4. The minimum Gasteiger partial charge on any atom is -0.493 e. The lowest BCUT2D eigenvalue weighted by Gasteiger charge is -2.12. The summed E-state index contributed by atoms with van der Waals surface area (Å²) in [7, 11) is 1.50. The van der Waals surface area contributed by atoms with Gasteiger partial charge in [-0.05, 0) is 48.6 Å². The molecule has 0 aliphatic carbocycles. The molecule has 0 saturated heterocycles. The van der Waals surface area contributed by atoms with Crippen LogP contribution in [0.1, 0.15) is 0 Å². The Balaban J connectivity index is 1.66. The van der Waals surface area contributed by atoms with Gasteiger partial charge in [-0.25, -0.2) is 0 Å². The van der Waals surface area contributed by atoms with E-state index < -0.39 is 11.8 Å². The molecule has 10 heteroatoms. The van der Waals surface area contributed by atoms with E-state index in [0.717, 1.165) is 0 Å². The molecule has 148 valence electrons. The first-order valence-corrected chi connectivity index (χ1v) is 8.79. The van der Waals surface area contributed by atoms with Gasteiger partial charge < -0.3 is 14.2 Å². The summed E-state index contributed by atoms with van der Waals surface area (Å²) in [5, 5.41) is 2.84. The van der Waals surface area contributed by atoms with Crippen LogP contribution >= 0.6 is 23.8 Å². The van der Waals surface area contributed by atoms with Gasteiger partial charge in [-0.3, -0.25) is 25.8 Å². The number of methoxy groups -OCH3 is 1. The van der Waals surface area contributed by atoms with E-state index in [1.165, 1.54) is 7.11 Å². The zero-order valence-electron chi connectivity index (χ0n) is 14.9. The number of carbonyl (C=O) groups is 2. The van der Waals surface area contributed by atoms with E-state index in [-0.39, 0.29) is 18.3 Å². The van der Waals surface area contributed by atoms with Gasteiger partial charge in [0, 0.05) is 5.02 Å². The Kier molecular flexibility index (Phi) is 8.32. The summed E-state index contributed by atoms with van der Waals surface area (Å²) >= 11 is 10.7. The number of benzene rings is 2. The van der Waals surface area contributed by atoms with Crippen molar-refractivity contribution in [3.05, 3.63) is 53.6 Å². The minimum atomic E-state index is -0.505. The zero-order valence-corrected chi connectivity index (χ0v) is 16.4. The van der Waals surface area contributed by atoms with Crippen molar-refractivity contribution in [3.63, 3.8) is 0 Å².